The van der Waals surface area contributed by atoms with Crippen molar-refractivity contribution in [2.45, 2.75) is 20.3 Å². The standard InChI is InChI=1S/C12H19BrN4O/c1-4-5-17(7-10(18)15-3)12-11(13)8(2)9(14)6-16-12/h6H,4-5,7,14H2,1-3H3,(H,15,18). The van der Waals surface area contributed by atoms with Crippen molar-refractivity contribution in [3.63, 3.8) is 0 Å². The molecule has 0 saturated carbocycles. The van der Waals surface area contributed by atoms with Gasteiger partial charge in [-0.3, -0.25) is 4.79 Å². The molecule has 0 aliphatic carbocycles. The molecule has 0 unspecified atom stereocenters. The number of nitrogens with one attached hydrogen (secondary N) is 1. The molecular weight excluding hydrogens is 296 g/mol. The second-order valence-corrected chi connectivity index (χ2v) is 4.86. The lowest BCUT2D eigenvalue weighted by atomic mass is 10.2. The van der Waals surface area contributed by atoms with Crippen molar-refractivity contribution in [1.82, 2.24) is 10.3 Å². The molecule has 1 heterocycles. The summed E-state index contributed by atoms with van der Waals surface area (Å²) in [6, 6.07) is 0. The highest BCUT2D eigenvalue weighted by atomic mass is 79.9. The van der Waals surface area contributed by atoms with Crippen LogP contribution in [-0.2, 0) is 4.79 Å². The molecule has 0 aromatic carbocycles. The Bertz CT molecular complexity index is 436. The van der Waals surface area contributed by atoms with Crippen LogP contribution in [0.5, 0.6) is 0 Å². The maximum Gasteiger partial charge on any atom is 0.239 e. The molecule has 18 heavy (non-hydrogen) atoms. The molecule has 0 radical (unpaired) electrons. The van der Waals surface area contributed by atoms with Crippen LogP contribution in [0.25, 0.3) is 0 Å². The molecule has 6 heteroatoms. The number of carbonyl (C=O) groups is 1. The van der Waals surface area contributed by atoms with Gasteiger partial charge >= 0.3 is 0 Å². The smallest absolute Gasteiger partial charge is 0.239 e. The first-order chi connectivity index (χ1) is 8.51. The van der Waals surface area contributed by atoms with Crippen molar-refractivity contribution >= 4 is 33.3 Å². The average Bonchev–Trinajstić information content (AvgIpc) is 2.35. The summed E-state index contributed by atoms with van der Waals surface area (Å²) in [6.45, 7) is 5.05. The number of nitrogens with two attached hydrogens (primary N) is 1. The van der Waals surface area contributed by atoms with E-state index in [2.05, 4.69) is 33.2 Å². The van der Waals surface area contributed by atoms with Gasteiger partial charge in [0.25, 0.3) is 0 Å². The molecule has 0 aliphatic rings. The van der Waals surface area contributed by atoms with Crippen molar-refractivity contribution in [2.24, 2.45) is 0 Å². The molecule has 0 spiro atoms. The molecule has 0 saturated heterocycles. The summed E-state index contributed by atoms with van der Waals surface area (Å²) in [6.07, 6.45) is 2.57. The Kier molecular flexibility index (Phi) is 5.40. The minimum Gasteiger partial charge on any atom is -0.397 e. The monoisotopic (exact) mass is 314 g/mol. The lowest BCUT2D eigenvalue weighted by molar-refractivity contribution is -0.119. The molecule has 1 aromatic heterocycles. The molecule has 5 nitrogen and oxygen atoms in total. The van der Waals surface area contributed by atoms with E-state index in [-0.39, 0.29) is 5.91 Å². The first-order valence-electron chi connectivity index (χ1n) is 5.87. The quantitative estimate of drug-likeness (QED) is 0.867. The van der Waals surface area contributed by atoms with Crippen LogP contribution in [0.2, 0.25) is 0 Å². The third-order valence-corrected chi connectivity index (χ3v) is 3.64. The van der Waals surface area contributed by atoms with Crippen LogP contribution in [-0.4, -0.2) is 31.0 Å². The minimum atomic E-state index is -0.0355. The molecule has 3 N–H and O–H groups in total. The predicted molar refractivity (Wildman–Crippen MR) is 77.7 cm³/mol. The number of hydrogen-bond donors (Lipinski definition) is 2. The largest absolute Gasteiger partial charge is 0.397 e. The van der Waals surface area contributed by atoms with Crippen molar-refractivity contribution < 1.29 is 4.79 Å². The Balaban J connectivity index is 3.05. The number of nitrogen functional groups attached to an aromatic ring is 1. The highest BCUT2D eigenvalue weighted by Gasteiger charge is 2.16. The lowest BCUT2D eigenvalue weighted by Crippen LogP contribution is -2.36. The Morgan fingerprint density at radius 2 is 2.28 bits per heavy atom. The maximum atomic E-state index is 11.5. The number of amides is 1. The number of rotatable bonds is 5. The van der Waals surface area contributed by atoms with Crippen LogP contribution < -0.4 is 16.0 Å². The first kappa shape index (κ1) is 14.8. The number of aromatic nitrogens is 1. The van der Waals surface area contributed by atoms with Gasteiger partial charge in [-0.1, -0.05) is 6.92 Å². The zero-order chi connectivity index (χ0) is 13.7. The van der Waals surface area contributed by atoms with E-state index >= 15 is 0 Å². The van der Waals surface area contributed by atoms with Crippen molar-refractivity contribution in [1.29, 1.82) is 0 Å². The van der Waals surface area contributed by atoms with Crippen molar-refractivity contribution in [3.05, 3.63) is 16.2 Å². The van der Waals surface area contributed by atoms with Gasteiger partial charge in [-0.05, 0) is 34.8 Å². The lowest BCUT2D eigenvalue weighted by Gasteiger charge is -2.24. The van der Waals surface area contributed by atoms with Gasteiger partial charge in [-0.15, -0.1) is 0 Å². The average molecular weight is 315 g/mol. The molecule has 0 fully saturated rings. The van der Waals surface area contributed by atoms with Crippen LogP contribution >= 0.6 is 15.9 Å². The van der Waals surface area contributed by atoms with E-state index in [9.17, 15) is 4.79 Å². The third kappa shape index (κ3) is 3.35. The molecule has 1 rings (SSSR count). The van der Waals surface area contributed by atoms with Gasteiger partial charge in [0, 0.05) is 13.6 Å². The first-order valence-corrected chi connectivity index (χ1v) is 6.66. The summed E-state index contributed by atoms with van der Waals surface area (Å²) in [7, 11) is 1.63. The molecule has 0 atom stereocenters. The molecule has 1 aromatic rings. The number of pyridine rings is 1. The highest BCUT2D eigenvalue weighted by molar-refractivity contribution is 9.10. The summed E-state index contributed by atoms with van der Waals surface area (Å²) in [4.78, 5) is 17.8. The SMILES string of the molecule is CCCN(CC(=O)NC)c1ncc(N)c(C)c1Br. The van der Waals surface area contributed by atoms with Crippen LogP contribution in [0.4, 0.5) is 11.5 Å². The van der Waals surface area contributed by atoms with Crippen molar-refractivity contribution in [2.75, 3.05) is 30.8 Å². The molecular formula is C12H19BrN4O. The minimum absolute atomic E-state index is 0.0355. The topological polar surface area (TPSA) is 71.2 Å². The maximum absolute atomic E-state index is 11.5. The van der Waals surface area contributed by atoms with Gasteiger partial charge < -0.3 is 16.0 Å². The van der Waals surface area contributed by atoms with Gasteiger partial charge in [-0.25, -0.2) is 4.98 Å². The van der Waals surface area contributed by atoms with Crippen LogP contribution in [0, 0.1) is 6.92 Å². The Hall–Kier alpha value is -1.30. The summed E-state index contributed by atoms with van der Waals surface area (Å²) >= 11 is 3.50. The molecule has 1 amide bonds. The Morgan fingerprint density at radius 3 is 2.83 bits per heavy atom. The summed E-state index contributed by atoms with van der Waals surface area (Å²) in [5, 5.41) is 2.62. The number of nitrogens with zero attached hydrogens (tertiary/aromatic N) is 2. The van der Waals surface area contributed by atoms with Crippen LogP contribution in [0.15, 0.2) is 10.7 Å². The van der Waals surface area contributed by atoms with E-state index in [1.165, 1.54) is 0 Å². The number of hydrogen-bond acceptors (Lipinski definition) is 4. The second kappa shape index (κ2) is 6.58. The van der Waals surface area contributed by atoms with Gasteiger partial charge in [0.15, 0.2) is 0 Å². The Labute approximate surface area is 116 Å². The molecule has 100 valence electrons. The Morgan fingerprint density at radius 1 is 1.61 bits per heavy atom. The second-order valence-electron chi connectivity index (χ2n) is 4.07. The predicted octanol–water partition coefficient (Wildman–Crippen LogP) is 1.70. The molecule has 0 aliphatic heterocycles. The van der Waals surface area contributed by atoms with E-state index in [0.29, 0.717) is 12.2 Å². The van der Waals surface area contributed by atoms with Crippen molar-refractivity contribution in [3.8, 4) is 0 Å². The zero-order valence-corrected chi connectivity index (χ0v) is 12.5. The number of halogens is 1. The van der Waals surface area contributed by atoms with Gasteiger partial charge in [0.1, 0.15) is 5.82 Å². The third-order valence-electron chi connectivity index (χ3n) is 2.69. The van der Waals surface area contributed by atoms with Gasteiger partial charge in [-0.2, -0.15) is 0 Å². The van der Waals surface area contributed by atoms with E-state index in [1.54, 1.807) is 13.2 Å². The van der Waals surface area contributed by atoms with E-state index in [4.69, 9.17) is 5.73 Å². The van der Waals surface area contributed by atoms with Crippen LogP contribution in [0.3, 0.4) is 0 Å². The summed E-state index contributed by atoms with van der Waals surface area (Å²) in [5.41, 5.74) is 7.38. The van der Waals surface area contributed by atoms with Crippen LogP contribution in [0.1, 0.15) is 18.9 Å². The normalized spacial score (nSPS) is 10.2. The van der Waals surface area contributed by atoms with E-state index in [0.717, 1.165) is 28.8 Å². The zero-order valence-electron chi connectivity index (χ0n) is 11.0. The number of anilines is 2. The number of carbonyl (C=O) groups excluding carboxylic acids is 1. The van der Waals surface area contributed by atoms with Gasteiger partial charge in [0.2, 0.25) is 5.91 Å². The summed E-state index contributed by atoms with van der Waals surface area (Å²) < 4.78 is 0.847. The van der Waals surface area contributed by atoms with E-state index < -0.39 is 0 Å². The highest BCUT2D eigenvalue weighted by Crippen LogP contribution is 2.30. The summed E-state index contributed by atoms with van der Waals surface area (Å²) in [5.74, 6) is 0.721. The fourth-order valence-electron chi connectivity index (χ4n) is 1.58. The number of likely N-dealkylation sites (N-methyl/N-ethyl adjacent to an activating group) is 1. The fraction of sp³-hybridized carbons (Fsp3) is 0.500. The van der Waals surface area contributed by atoms with E-state index in [1.807, 2.05) is 11.8 Å². The van der Waals surface area contributed by atoms with Gasteiger partial charge in [0.05, 0.1) is 22.9 Å². The molecule has 0 bridgehead atoms. The fourth-order valence-corrected chi connectivity index (χ4v) is 2.16.